The molecule has 118 valence electrons. The molecule has 0 aliphatic carbocycles. The van der Waals surface area contributed by atoms with Gasteiger partial charge in [-0.05, 0) is 30.8 Å². The molecule has 3 heterocycles. The molecule has 2 aliphatic rings. The quantitative estimate of drug-likeness (QED) is 0.853. The number of piperazine rings is 1. The molecule has 1 aromatic heterocycles. The van der Waals surface area contributed by atoms with Crippen molar-refractivity contribution in [2.75, 3.05) is 24.2 Å². The summed E-state index contributed by atoms with van der Waals surface area (Å²) in [5.41, 5.74) is 2.10. The molecule has 0 amide bonds. The molecule has 3 atom stereocenters. The van der Waals surface area contributed by atoms with Gasteiger partial charge in [0.1, 0.15) is 0 Å². The zero-order valence-electron chi connectivity index (χ0n) is 12.5. The minimum Gasteiger partial charge on any atom is -0.367 e. The molecule has 2 bridgehead atoms. The van der Waals surface area contributed by atoms with E-state index in [1.165, 1.54) is 0 Å². The van der Waals surface area contributed by atoms with Crippen LogP contribution in [0.5, 0.6) is 0 Å². The van der Waals surface area contributed by atoms with Crippen molar-refractivity contribution in [3.8, 4) is 0 Å². The molecule has 0 spiro atoms. The van der Waals surface area contributed by atoms with Crippen molar-refractivity contribution < 1.29 is 4.21 Å². The van der Waals surface area contributed by atoms with Gasteiger partial charge in [0.25, 0.3) is 0 Å². The highest BCUT2D eigenvalue weighted by Gasteiger charge is 2.43. The van der Waals surface area contributed by atoms with Crippen molar-refractivity contribution in [3.05, 3.63) is 23.4 Å². The average molecular weight is 339 g/mol. The largest absolute Gasteiger partial charge is 0.367 e. The van der Waals surface area contributed by atoms with Crippen LogP contribution in [0.1, 0.15) is 12.8 Å². The topological polar surface area (TPSA) is 52.2 Å². The van der Waals surface area contributed by atoms with E-state index in [4.69, 9.17) is 11.6 Å². The molecule has 5 nitrogen and oxygen atoms in total. The number of aromatic nitrogens is 2. The second-order valence-electron chi connectivity index (χ2n) is 6.37. The van der Waals surface area contributed by atoms with E-state index >= 15 is 0 Å². The zero-order valence-corrected chi connectivity index (χ0v) is 14.0. The van der Waals surface area contributed by atoms with E-state index < -0.39 is 9.71 Å². The molecule has 2 fully saturated rings. The summed E-state index contributed by atoms with van der Waals surface area (Å²) in [4.78, 5) is 2.34. The van der Waals surface area contributed by atoms with Gasteiger partial charge in [0.2, 0.25) is 0 Å². The molecule has 0 radical (unpaired) electrons. The molecule has 0 saturated carbocycles. The summed E-state index contributed by atoms with van der Waals surface area (Å²) in [5, 5.41) is 8.94. The maximum absolute atomic E-state index is 12.4. The van der Waals surface area contributed by atoms with Crippen LogP contribution < -0.4 is 4.90 Å². The van der Waals surface area contributed by atoms with E-state index in [1.807, 2.05) is 12.1 Å². The predicted octanol–water partition coefficient (Wildman–Crippen LogP) is 2.13. The Kier molecular flexibility index (Phi) is 3.18. The van der Waals surface area contributed by atoms with Gasteiger partial charge in [0.15, 0.2) is 0 Å². The van der Waals surface area contributed by atoms with Crippen molar-refractivity contribution in [1.82, 2.24) is 14.5 Å². The molecule has 1 N–H and O–H groups in total. The standard InChI is InChI=1S/C15H19ClN4OS/c1-22(2,21)20-12-3-4-13(20)9-19(8-12)14-6-11(16)5-10-7-17-18-15(10)14/h5-7,12-13H,1,3-4,8-9H2,2H3,(H,17,18). The summed E-state index contributed by atoms with van der Waals surface area (Å²) < 4.78 is 14.6. The number of anilines is 1. The fourth-order valence-electron chi connectivity index (χ4n) is 3.94. The first-order valence-corrected chi connectivity index (χ1v) is 9.89. The number of hydrogen-bond donors (Lipinski definition) is 1. The maximum atomic E-state index is 12.4. The summed E-state index contributed by atoms with van der Waals surface area (Å²) in [5.74, 6) is 3.89. The van der Waals surface area contributed by atoms with Crippen molar-refractivity contribution in [3.63, 3.8) is 0 Å². The van der Waals surface area contributed by atoms with Crippen LogP contribution in [-0.4, -0.2) is 56.0 Å². The highest BCUT2D eigenvalue weighted by Crippen LogP contribution is 2.37. The van der Waals surface area contributed by atoms with Gasteiger partial charge in [-0.15, -0.1) is 0 Å². The van der Waals surface area contributed by atoms with E-state index in [2.05, 4.69) is 25.3 Å². The van der Waals surface area contributed by atoms with E-state index in [0.717, 1.165) is 47.5 Å². The lowest BCUT2D eigenvalue weighted by Crippen LogP contribution is -2.55. The smallest absolute Gasteiger partial charge is 0.0884 e. The Balaban J connectivity index is 1.72. The first kappa shape index (κ1) is 14.4. The number of halogens is 1. The van der Waals surface area contributed by atoms with Crippen LogP contribution >= 0.6 is 11.6 Å². The van der Waals surface area contributed by atoms with Crippen molar-refractivity contribution in [1.29, 1.82) is 0 Å². The third-order valence-corrected chi connectivity index (χ3v) is 6.40. The summed E-state index contributed by atoms with van der Waals surface area (Å²) in [6.45, 7) is 1.70. The van der Waals surface area contributed by atoms with Crippen molar-refractivity contribution >= 4 is 43.8 Å². The SMILES string of the molecule is C=S(C)(=O)N1C2CCC1CN(c1cc(Cl)cc3cn[nH]c13)C2. The lowest BCUT2D eigenvalue weighted by Gasteiger charge is -2.42. The first-order valence-electron chi connectivity index (χ1n) is 7.42. The Hall–Kier alpha value is -1.24. The van der Waals surface area contributed by atoms with E-state index in [9.17, 15) is 4.21 Å². The number of benzene rings is 1. The van der Waals surface area contributed by atoms with Crippen LogP contribution in [0.25, 0.3) is 10.9 Å². The zero-order chi connectivity index (χ0) is 15.5. The summed E-state index contributed by atoms with van der Waals surface area (Å²) in [7, 11) is -2.15. The van der Waals surface area contributed by atoms with E-state index in [1.54, 1.807) is 12.5 Å². The van der Waals surface area contributed by atoms with Gasteiger partial charge in [-0.3, -0.25) is 9.31 Å². The molecular weight excluding hydrogens is 320 g/mol. The number of H-pyrrole nitrogens is 1. The van der Waals surface area contributed by atoms with Crippen LogP contribution in [0, 0.1) is 0 Å². The molecule has 4 rings (SSSR count). The molecule has 3 unspecified atom stereocenters. The van der Waals surface area contributed by atoms with Gasteiger partial charge >= 0.3 is 0 Å². The highest BCUT2D eigenvalue weighted by atomic mass is 35.5. The molecule has 2 aliphatic heterocycles. The third kappa shape index (κ3) is 2.21. The third-order valence-electron chi connectivity index (χ3n) is 4.69. The molecule has 2 aromatic rings. The van der Waals surface area contributed by atoms with Gasteiger partial charge in [-0.25, -0.2) is 4.31 Å². The second kappa shape index (κ2) is 4.88. The molecule has 2 saturated heterocycles. The monoisotopic (exact) mass is 338 g/mol. The van der Waals surface area contributed by atoms with Crippen LogP contribution in [0.4, 0.5) is 5.69 Å². The molecule has 1 aromatic carbocycles. The second-order valence-corrected chi connectivity index (χ2v) is 9.15. The van der Waals surface area contributed by atoms with Gasteiger partial charge < -0.3 is 4.90 Å². The number of fused-ring (bicyclic) bond motifs is 3. The van der Waals surface area contributed by atoms with Crippen LogP contribution in [0.3, 0.4) is 0 Å². The van der Waals surface area contributed by atoms with E-state index in [-0.39, 0.29) is 0 Å². The van der Waals surface area contributed by atoms with E-state index in [0.29, 0.717) is 12.1 Å². The number of nitrogens with one attached hydrogen (secondary N) is 1. The van der Waals surface area contributed by atoms with Gasteiger partial charge in [-0.1, -0.05) is 11.6 Å². The first-order chi connectivity index (χ1) is 10.4. The van der Waals surface area contributed by atoms with Crippen molar-refractivity contribution in [2.24, 2.45) is 0 Å². The van der Waals surface area contributed by atoms with Crippen LogP contribution in [0.15, 0.2) is 18.3 Å². The summed E-state index contributed by atoms with van der Waals surface area (Å²) in [6, 6.07) is 4.50. The molecular formula is C15H19ClN4OS. The van der Waals surface area contributed by atoms with Crippen molar-refractivity contribution in [2.45, 2.75) is 24.9 Å². The van der Waals surface area contributed by atoms with Crippen LogP contribution in [0.2, 0.25) is 5.02 Å². The number of rotatable bonds is 2. The fourth-order valence-corrected chi connectivity index (χ4v) is 5.77. The van der Waals surface area contributed by atoms with Gasteiger partial charge in [0, 0.05) is 51.5 Å². The Morgan fingerprint density at radius 1 is 1.36 bits per heavy atom. The lowest BCUT2D eigenvalue weighted by molar-refractivity contribution is 0.302. The Morgan fingerprint density at radius 3 is 2.68 bits per heavy atom. The summed E-state index contributed by atoms with van der Waals surface area (Å²) >= 11 is 6.25. The Bertz CT molecular complexity index is 817. The minimum atomic E-state index is -2.15. The Labute approximate surface area is 135 Å². The number of hydrogen-bond acceptors (Lipinski definition) is 3. The number of nitrogens with zero attached hydrogens (tertiary/aromatic N) is 3. The predicted molar refractivity (Wildman–Crippen MR) is 93.2 cm³/mol. The fraction of sp³-hybridized carbons (Fsp3) is 0.467. The maximum Gasteiger partial charge on any atom is 0.0884 e. The molecule has 7 heteroatoms. The van der Waals surface area contributed by atoms with Crippen LogP contribution in [-0.2, 0) is 9.71 Å². The summed E-state index contributed by atoms with van der Waals surface area (Å²) in [6.07, 6.45) is 5.70. The number of aromatic amines is 1. The molecule has 22 heavy (non-hydrogen) atoms. The minimum absolute atomic E-state index is 0.297. The lowest BCUT2D eigenvalue weighted by atomic mass is 10.1. The Morgan fingerprint density at radius 2 is 2.05 bits per heavy atom. The average Bonchev–Trinajstić information content (AvgIpc) is 3.00. The highest BCUT2D eigenvalue weighted by molar-refractivity contribution is 7.97. The van der Waals surface area contributed by atoms with Gasteiger partial charge in [0.05, 0.1) is 17.4 Å². The normalized spacial score (nSPS) is 28.2. The van der Waals surface area contributed by atoms with Gasteiger partial charge in [-0.2, -0.15) is 5.10 Å².